The molecule has 0 spiro atoms. The minimum Gasteiger partial charge on any atom is -0.489 e. The summed E-state index contributed by atoms with van der Waals surface area (Å²) in [5.41, 5.74) is 4.76. The fraction of sp³-hybridized carbons (Fsp3) is 0.222. The van der Waals surface area contributed by atoms with E-state index in [1.165, 1.54) is 0 Å². The van der Waals surface area contributed by atoms with Gasteiger partial charge in [-0.2, -0.15) is 0 Å². The van der Waals surface area contributed by atoms with Crippen LogP contribution in [0.5, 0.6) is 17.2 Å². The van der Waals surface area contributed by atoms with Gasteiger partial charge in [-0.1, -0.05) is 0 Å². The standard InChI is InChI=1S/C27H26N6O2/c1-17-11-18(3-8-26(17)35-20-5-7-25-24(13-20)31-16-33(25)2)32-27-22-12-19(34-21-9-10-28-14-21)4-6-23(22)29-15-30-27/h3-8,11-13,15-16,21,28H,9-10,14H2,1-2H3,(H,29,30,32)/t21-/m0/s1. The van der Waals surface area contributed by atoms with Crippen molar-refractivity contribution in [2.24, 2.45) is 7.05 Å². The summed E-state index contributed by atoms with van der Waals surface area (Å²) in [6.45, 7) is 3.89. The van der Waals surface area contributed by atoms with E-state index in [-0.39, 0.29) is 6.10 Å². The Kier molecular flexibility index (Phi) is 5.42. The molecule has 3 aromatic carbocycles. The van der Waals surface area contributed by atoms with Gasteiger partial charge in [-0.3, -0.25) is 0 Å². The minimum absolute atomic E-state index is 0.196. The molecule has 35 heavy (non-hydrogen) atoms. The van der Waals surface area contributed by atoms with Gasteiger partial charge in [0.15, 0.2) is 0 Å². The summed E-state index contributed by atoms with van der Waals surface area (Å²) in [5, 5.41) is 7.68. The average molecular weight is 467 g/mol. The minimum atomic E-state index is 0.196. The lowest BCUT2D eigenvalue weighted by molar-refractivity contribution is 0.223. The molecule has 2 N–H and O–H groups in total. The van der Waals surface area contributed by atoms with Crippen LogP contribution in [0.3, 0.4) is 0 Å². The number of aryl methyl sites for hydroxylation is 2. The van der Waals surface area contributed by atoms with Gasteiger partial charge < -0.3 is 24.7 Å². The molecule has 176 valence electrons. The van der Waals surface area contributed by atoms with Crippen LogP contribution in [-0.2, 0) is 7.05 Å². The molecule has 5 aromatic rings. The van der Waals surface area contributed by atoms with Gasteiger partial charge in [0.1, 0.15) is 35.5 Å². The summed E-state index contributed by atoms with van der Waals surface area (Å²) >= 11 is 0. The molecular weight excluding hydrogens is 440 g/mol. The van der Waals surface area contributed by atoms with Crippen LogP contribution in [0.25, 0.3) is 21.9 Å². The van der Waals surface area contributed by atoms with Crippen LogP contribution in [0.4, 0.5) is 11.5 Å². The number of benzene rings is 3. The van der Waals surface area contributed by atoms with Gasteiger partial charge in [-0.15, -0.1) is 0 Å². The van der Waals surface area contributed by atoms with Crippen LogP contribution in [-0.4, -0.2) is 38.7 Å². The summed E-state index contributed by atoms with van der Waals surface area (Å²) in [6, 6.07) is 17.9. The molecule has 3 heterocycles. The Bertz CT molecular complexity index is 1520. The van der Waals surface area contributed by atoms with Crippen LogP contribution >= 0.6 is 0 Å². The van der Waals surface area contributed by atoms with E-state index in [0.29, 0.717) is 0 Å². The number of anilines is 2. The SMILES string of the molecule is Cc1cc(Nc2ncnc3ccc(O[C@H]4CCNC4)cc23)ccc1Oc1ccc2c(c1)ncn2C. The van der Waals surface area contributed by atoms with Crippen molar-refractivity contribution in [2.45, 2.75) is 19.4 Å². The molecule has 0 aliphatic carbocycles. The van der Waals surface area contributed by atoms with E-state index in [9.17, 15) is 0 Å². The molecule has 1 saturated heterocycles. The maximum Gasteiger partial charge on any atom is 0.141 e. The second kappa shape index (κ2) is 8.88. The zero-order chi connectivity index (χ0) is 23.8. The number of rotatable bonds is 6. The molecule has 6 rings (SSSR count). The summed E-state index contributed by atoms with van der Waals surface area (Å²) in [4.78, 5) is 13.3. The fourth-order valence-corrected chi connectivity index (χ4v) is 4.41. The highest BCUT2D eigenvalue weighted by Gasteiger charge is 2.16. The van der Waals surface area contributed by atoms with Gasteiger partial charge in [0.2, 0.25) is 0 Å². The van der Waals surface area contributed by atoms with E-state index < -0.39 is 0 Å². The van der Waals surface area contributed by atoms with E-state index >= 15 is 0 Å². The van der Waals surface area contributed by atoms with Gasteiger partial charge in [0.25, 0.3) is 0 Å². The number of imidazole rings is 1. The molecule has 0 saturated carbocycles. The Morgan fingerprint density at radius 3 is 2.74 bits per heavy atom. The number of nitrogens with zero attached hydrogens (tertiary/aromatic N) is 4. The average Bonchev–Trinajstić information content (AvgIpc) is 3.51. The number of hydrogen-bond donors (Lipinski definition) is 2. The van der Waals surface area contributed by atoms with Crippen molar-refractivity contribution in [2.75, 3.05) is 18.4 Å². The largest absolute Gasteiger partial charge is 0.489 e. The summed E-state index contributed by atoms with van der Waals surface area (Å²) in [7, 11) is 1.98. The van der Waals surface area contributed by atoms with Gasteiger partial charge in [0.05, 0.1) is 22.9 Å². The van der Waals surface area contributed by atoms with Crippen molar-refractivity contribution >= 4 is 33.4 Å². The van der Waals surface area contributed by atoms with E-state index in [4.69, 9.17) is 9.47 Å². The smallest absolute Gasteiger partial charge is 0.141 e. The zero-order valence-electron chi connectivity index (χ0n) is 19.7. The summed E-state index contributed by atoms with van der Waals surface area (Å²) in [5.74, 6) is 3.11. The van der Waals surface area contributed by atoms with Gasteiger partial charge in [-0.25, -0.2) is 15.0 Å². The van der Waals surface area contributed by atoms with E-state index in [0.717, 1.165) is 75.8 Å². The van der Waals surface area contributed by atoms with Crippen LogP contribution in [0.1, 0.15) is 12.0 Å². The Labute approximate surface area is 202 Å². The lowest BCUT2D eigenvalue weighted by atomic mass is 10.1. The fourth-order valence-electron chi connectivity index (χ4n) is 4.41. The van der Waals surface area contributed by atoms with Crippen molar-refractivity contribution in [3.8, 4) is 17.2 Å². The molecule has 0 bridgehead atoms. The van der Waals surface area contributed by atoms with E-state index in [1.54, 1.807) is 12.7 Å². The number of hydrogen-bond acceptors (Lipinski definition) is 7. The van der Waals surface area contributed by atoms with Gasteiger partial charge in [-0.05, 0) is 74.0 Å². The number of nitrogens with one attached hydrogen (secondary N) is 2. The monoisotopic (exact) mass is 466 g/mol. The molecular formula is C27H26N6O2. The molecule has 1 aliphatic heterocycles. The van der Waals surface area contributed by atoms with Crippen molar-refractivity contribution < 1.29 is 9.47 Å². The molecule has 0 radical (unpaired) electrons. The third-order valence-electron chi connectivity index (χ3n) is 6.29. The lowest BCUT2D eigenvalue weighted by Gasteiger charge is -2.15. The highest BCUT2D eigenvalue weighted by Crippen LogP contribution is 2.32. The molecule has 1 fully saturated rings. The molecule has 8 nitrogen and oxygen atoms in total. The molecule has 8 heteroatoms. The second-order valence-corrected chi connectivity index (χ2v) is 8.85. The highest BCUT2D eigenvalue weighted by atomic mass is 16.5. The summed E-state index contributed by atoms with van der Waals surface area (Å²) in [6.07, 6.45) is 4.59. The number of aromatic nitrogens is 4. The van der Waals surface area contributed by atoms with Gasteiger partial charge in [0, 0.05) is 30.7 Å². The zero-order valence-corrected chi connectivity index (χ0v) is 19.7. The van der Waals surface area contributed by atoms with Crippen LogP contribution in [0, 0.1) is 6.92 Å². The molecule has 1 atom stereocenters. The Morgan fingerprint density at radius 2 is 1.89 bits per heavy atom. The maximum atomic E-state index is 6.16. The summed E-state index contributed by atoms with van der Waals surface area (Å²) < 4.78 is 14.3. The van der Waals surface area contributed by atoms with Crippen molar-refractivity contribution in [3.05, 3.63) is 72.8 Å². The quantitative estimate of drug-likeness (QED) is 0.360. The number of fused-ring (bicyclic) bond motifs is 2. The van der Waals surface area contributed by atoms with Crippen molar-refractivity contribution in [3.63, 3.8) is 0 Å². The predicted molar refractivity (Wildman–Crippen MR) is 137 cm³/mol. The first kappa shape index (κ1) is 21.4. The van der Waals surface area contributed by atoms with Crippen molar-refractivity contribution in [1.82, 2.24) is 24.8 Å². The van der Waals surface area contributed by atoms with E-state index in [1.807, 2.05) is 73.1 Å². The van der Waals surface area contributed by atoms with Crippen LogP contribution in [0.2, 0.25) is 0 Å². The first-order valence-electron chi connectivity index (χ1n) is 11.7. The molecule has 2 aromatic heterocycles. The van der Waals surface area contributed by atoms with Crippen LogP contribution in [0.15, 0.2) is 67.3 Å². The lowest BCUT2D eigenvalue weighted by Crippen LogP contribution is -2.19. The van der Waals surface area contributed by atoms with Crippen LogP contribution < -0.4 is 20.1 Å². The second-order valence-electron chi connectivity index (χ2n) is 8.85. The Balaban J connectivity index is 1.23. The first-order valence-corrected chi connectivity index (χ1v) is 11.7. The molecule has 1 aliphatic rings. The third-order valence-corrected chi connectivity index (χ3v) is 6.29. The third kappa shape index (κ3) is 4.36. The highest BCUT2D eigenvalue weighted by molar-refractivity contribution is 5.91. The number of ether oxygens (including phenoxy) is 2. The molecule has 0 amide bonds. The first-order chi connectivity index (χ1) is 17.1. The molecule has 0 unspecified atom stereocenters. The van der Waals surface area contributed by atoms with Gasteiger partial charge >= 0.3 is 0 Å². The topological polar surface area (TPSA) is 86.1 Å². The maximum absolute atomic E-state index is 6.16. The Morgan fingerprint density at radius 1 is 0.971 bits per heavy atom. The van der Waals surface area contributed by atoms with Crippen molar-refractivity contribution in [1.29, 1.82) is 0 Å². The Hall–Kier alpha value is -4.17. The van der Waals surface area contributed by atoms with E-state index in [2.05, 4.69) is 25.6 Å². The predicted octanol–water partition coefficient (Wildman–Crippen LogP) is 5.10. The normalized spacial score (nSPS) is 15.5.